The zero-order chi connectivity index (χ0) is 46.0. The number of hydrogen-bond donors (Lipinski definition) is 0. The number of para-hydroxylation sites is 1. The molecule has 1 aromatic heterocycles. The number of thiophene rings is 1. The molecule has 0 bridgehead atoms. The van der Waals surface area contributed by atoms with Gasteiger partial charge in [-0.15, -0.1) is 11.3 Å². The van der Waals surface area contributed by atoms with Crippen molar-refractivity contribution in [3.63, 3.8) is 0 Å². The van der Waals surface area contributed by atoms with Crippen LogP contribution in [0.1, 0.15) is 44.5 Å². The molecule has 2 heteroatoms. The number of fused-ring (bicyclic) bond motifs is 19. The van der Waals surface area contributed by atoms with Gasteiger partial charge in [-0.2, -0.15) is 0 Å². The molecule has 0 atom stereocenters. The topological polar surface area (TPSA) is 3.24 Å². The van der Waals surface area contributed by atoms with E-state index in [1.807, 2.05) is 11.3 Å². The van der Waals surface area contributed by atoms with Crippen LogP contribution < -0.4 is 4.90 Å². The van der Waals surface area contributed by atoms with Crippen molar-refractivity contribution < 1.29 is 0 Å². The monoisotopic (exact) mass is 905 g/mol. The SMILES string of the molecule is c1ccc(N(c2ccc(-c3ccc4c(c3)sc3ccccc34)cc2)c2cccc(-c3ccc4c(c3)-c3ccccc3C43c4ccccc4C4(c5ccccc5-c5ccccc54)c4ccccc43)c2)cc1. The predicted molar refractivity (Wildman–Crippen MR) is 293 cm³/mol. The maximum Gasteiger partial charge on any atom is 0.0720 e. The molecule has 11 aromatic carbocycles. The minimum Gasteiger partial charge on any atom is -0.310 e. The van der Waals surface area contributed by atoms with E-state index in [0.717, 1.165) is 17.1 Å². The smallest absolute Gasteiger partial charge is 0.0720 e. The summed E-state index contributed by atoms with van der Waals surface area (Å²) in [7, 11) is 0. The highest BCUT2D eigenvalue weighted by Crippen LogP contribution is 2.67. The molecule has 2 spiro atoms. The molecule has 0 saturated carbocycles. The highest BCUT2D eigenvalue weighted by molar-refractivity contribution is 7.25. The Kier molecular flexibility index (Phi) is 8.43. The first-order chi connectivity index (χ1) is 34.7. The lowest BCUT2D eigenvalue weighted by atomic mass is 9.52. The normalized spacial score (nSPS) is 13.9. The Hall–Kier alpha value is -8.56. The van der Waals surface area contributed by atoms with E-state index in [1.54, 1.807) is 0 Å². The zero-order valence-corrected chi connectivity index (χ0v) is 39.0. The fourth-order valence-corrected chi connectivity index (χ4v) is 14.1. The quantitative estimate of drug-likeness (QED) is 0.166. The van der Waals surface area contributed by atoms with Gasteiger partial charge in [-0.3, -0.25) is 0 Å². The molecule has 0 unspecified atom stereocenters. The number of rotatable bonds is 5. The molecule has 0 N–H and O–H groups in total. The van der Waals surface area contributed by atoms with Gasteiger partial charge in [0.15, 0.2) is 0 Å². The van der Waals surface area contributed by atoms with Gasteiger partial charge in [0.05, 0.1) is 10.8 Å². The molecular weight excluding hydrogens is 863 g/mol. The third-order valence-corrected chi connectivity index (χ3v) is 16.9. The van der Waals surface area contributed by atoms with Crippen molar-refractivity contribution in [1.29, 1.82) is 0 Å². The van der Waals surface area contributed by atoms with Crippen LogP contribution in [0.25, 0.3) is 64.7 Å². The van der Waals surface area contributed by atoms with E-state index in [9.17, 15) is 0 Å². The van der Waals surface area contributed by atoms with Gasteiger partial charge in [-0.05, 0) is 144 Å². The summed E-state index contributed by atoms with van der Waals surface area (Å²) in [5.74, 6) is 0. The Morgan fingerprint density at radius 2 is 0.671 bits per heavy atom. The van der Waals surface area contributed by atoms with Gasteiger partial charge in [0.25, 0.3) is 0 Å². The highest BCUT2D eigenvalue weighted by Gasteiger charge is 2.58. The molecular formula is C68H43NS. The van der Waals surface area contributed by atoms with Crippen LogP contribution in [0.3, 0.4) is 0 Å². The van der Waals surface area contributed by atoms with E-state index < -0.39 is 10.8 Å². The predicted octanol–water partition coefficient (Wildman–Crippen LogP) is 17.9. The standard InChI is InChI=1S/C68H43NS/c1-2-18-48(19-3-1)69(49-37-33-44(34-38-49)47-35-39-55-54-24-7-15-32-65(54)70-66(55)43-47)50-20-16-17-45(41-50)46-36-40-60-56(42-46)53-23-6-10-27-59(53)68(60)63-30-13-11-28-61(63)67(62-29-12-14-31-64(62)68)57-25-8-4-21-51(57)52-22-5-9-26-58(52)67/h1-43H. The molecule has 1 nitrogen and oxygen atoms in total. The molecule has 0 radical (unpaired) electrons. The number of nitrogens with zero attached hydrogens (tertiary/aromatic N) is 1. The van der Waals surface area contributed by atoms with Crippen LogP contribution in [0.4, 0.5) is 17.1 Å². The Labute approximate surface area is 411 Å². The molecule has 0 aliphatic heterocycles. The largest absolute Gasteiger partial charge is 0.310 e. The molecule has 3 aliphatic rings. The van der Waals surface area contributed by atoms with Crippen LogP contribution in [-0.4, -0.2) is 0 Å². The fourth-order valence-electron chi connectivity index (χ4n) is 13.0. The first-order valence-corrected chi connectivity index (χ1v) is 25.1. The van der Waals surface area contributed by atoms with Gasteiger partial charge in [0.2, 0.25) is 0 Å². The molecule has 15 rings (SSSR count). The number of hydrogen-bond acceptors (Lipinski definition) is 2. The first kappa shape index (κ1) is 39.4. The van der Waals surface area contributed by atoms with Gasteiger partial charge in [0.1, 0.15) is 0 Å². The van der Waals surface area contributed by atoms with Crippen molar-refractivity contribution in [2.75, 3.05) is 4.90 Å². The van der Waals surface area contributed by atoms with E-state index in [2.05, 4.69) is 266 Å². The van der Waals surface area contributed by atoms with Gasteiger partial charge in [-0.25, -0.2) is 0 Å². The van der Waals surface area contributed by atoms with E-state index >= 15 is 0 Å². The van der Waals surface area contributed by atoms with Gasteiger partial charge < -0.3 is 4.90 Å². The maximum absolute atomic E-state index is 2.47. The molecule has 12 aromatic rings. The van der Waals surface area contributed by atoms with Crippen LogP contribution >= 0.6 is 11.3 Å². The Morgan fingerprint density at radius 3 is 1.30 bits per heavy atom. The summed E-state index contributed by atoms with van der Waals surface area (Å²) in [6.45, 7) is 0. The van der Waals surface area contributed by atoms with Crippen molar-refractivity contribution in [3.05, 3.63) is 305 Å². The van der Waals surface area contributed by atoms with E-state index in [4.69, 9.17) is 0 Å². The van der Waals surface area contributed by atoms with Crippen LogP contribution in [0, 0.1) is 0 Å². The average Bonchev–Trinajstić information content (AvgIpc) is 4.06. The Balaban J connectivity index is 0.864. The summed E-state index contributed by atoms with van der Waals surface area (Å²) in [6.07, 6.45) is 0. The number of anilines is 3. The third kappa shape index (κ3) is 5.31. The lowest BCUT2D eigenvalue weighted by Gasteiger charge is -2.48. The summed E-state index contributed by atoms with van der Waals surface area (Å²) in [5, 5.41) is 2.65. The second-order valence-electron chi connectivity index (χ2n) is 19.1. The van der Waals surface area contributed by atoms with Crippen LogP contribution in [-0.2, 0) is 10.8 Å². The summed E-state index contributed by atoms with van der Waals surface area (Å²) in [6, 6.07) is 97.9. The minimum absolute atomic E-state index is 0.456. The van der Waals surface area contributed by atoms with E-state index in [1.165, 1.54) is 109 Å². The Morgan fingerprint density at radius 1 is 0.243 bits per heavy atom. The van der Waals surface area contributed by atoms with Crippen molar-refractivity contribution in [2.45, 2.75) is 10.8 Å². The second kappa shape index (κ2) is 15.0. The first-order valence-electron chi connectivity index (χ1n) is 24.3. The van der Waals surface area contributed by atoms with Crippen molar-refractivity contribution in [1.82, 2.24) is 0 Å². The highest BCUT2D eigenvalue weighted by atomic mass is 32.1. The summed E-state index contributed by atoms with van der Waals surface area (Å²) < 4.78 is 2.65. The van der Waals surface area contributed by atoms with Crippen molar-refractivity contribution >= 4 is 48.6 Å². The Bertz CT molecular complexity index is 3990. The van der Waals surface area contributed by atoms with Gasteiger partial charge >= 0.3 is 0 Å². The molecule has 326 valence electrons. The molecule has 0 fully saturated rings. The van der Waals surface area contributed by atoms with E-state index in [0.29, 0.717) is 0 Å². The molecule has 0 amide bonds. The summed E-state index contributed by atoms with van der Waals surface area (Å²) in [4.78, 5) is 2.38. The lowest BCUT2D eigenvalue weighted by Crippen LogP contribution is -2.43. The van der Waals surface area contributed by atoms with Gasteiger partial charge in [0, 0.05) is 37.2 Å². The summed E-state index contributed by atoms with van der Waals surface area (Å²) in [5.41, 5.74) is 23.2. The second-order valence-corrected chi connectivity index (χ2v) is 20.1. The third-order valence-electron chi connectivity index (χ3n) is 15.8. The maximum atomic E-state index is 2.47. The zero-order valence-electron chi connectivity index (χ0n) is 38.2. The molecule has 3 aliphatic carbocycles. The van der Waals surface area contributed by atoms with Crippen LogP contribution in [0.15, 0.2) is 261 Å². The van der Waals surface area contributed by atoms with Gasteiger partial charge in [-0.1, -0.05) is 206 Å². The fraction of sp³-hybridized carbons (Fsp3) is 0.0294. The molecule has 1 heterocycles. The van der Waals surface area contributed by atoms with Crippen molar-refractivity contribution in [3.8, 4) is 44.5 Å². The molecule has 70 heavy (non-hydrogen) atoms. The lowest BCUT2D eigenvalue weighted by molar-refractivity contribution is 0.633. The number of benzene rings is 11. The van der Waals surface area contributed by atoms with Crippen LogP contribution in [0.5, 0.6) is 0 Å². The summed E-state index contributed by atoms with van der Waals surface area (Å²) >= 11 is 1.87. The minimum atomic E-state index is -0.517. The molecule has 0 saturated heterocycles. The van der Waals surface area contributed by atoms with E-state index in [-0.39, 0.29) is 0 Å². The van der Waals surface area contributed by atoms with Crippen LogP contribution in [0.2, 0.25) is 0 Å². The average molecular weight is 906 g/mol. The van der Waals surface area contributed by atoms with Crippen molar-refractivity contribution in [2.24, 2.45) is 0 Å².